The van der Waals surface area contributed by atoms with Gasteiger partial charge in [-0.1, -0.05) is 0 Å². The fraction of sp³-hybridized carbons (Fsp3) is 1.00. The van der Waals surface area contributed by atoms with Crippen LogP contribution in [0.4, 0.5) is 0 Å². The Bertz CT molecular complexity index is 294. The Morgan fingerprint density at radius 2 is 1.84 bits per heavy atom. The summed E-state index contributed by atoms with van der Waals surface area (Å²) in [5.74, 6) is 0. The molecular formula is C12H25N3O4. The number of aliphatic hydroxyl groups excluding tert-OH is 2. The second-order valence-electron chi connectivity index (χ2n) is 5.50. The Morgan fingerprint density at radius 3 is 2.53 bits per heavy atom. The third-order valence-corrected chi connectivity index (χ3v) is 3.97. The average Bonchev–Trinajstić information content (AvgIpc) is 2.41. The Hall–Kier alpha value is -0.280. The third kappa shape index (κ3) is 3.43. The van der Waals surface area contributed by atoms with Crippen LogP contribution in [-0.2, 0) is 9.47 Å². The highest BCUT2D eigenvalue weighted by Gasteiger charge is 2.42. The van der Waals surface area contributed by atoms with E-state index in [0.29, 0.717) is 13.0 Å². The highest BCUT2D eigenvalue weighted by atomic mass is 16.7. The van der Waals surface area contributed by atoms with E-state index >= 15 is 0 Å². The van der Waals surface area contributed by atoms with Crippen LogP contribution in [-0.4, -0.2) is 59.5 Å². The van der Waals surface area contributed by atoms with Gasteiger partial charge in [-0.25, -0.2) is 0 Å². The van der Waals surface area contributed by atoms with Crippen molar-refractivity contribution in [3.8, 4) is 0 Å². The summed E-state index contributed by atoms with van der Waals surface area (Å²) >= 11 is 0. The standard InChI is InChI=1S/C12H25N3O4/c13-5-6-2-1-3-9(18-6)19-12-8(15)4-7(14)10(16)11(12)17/h6-12,16-17H,1-5,13-15H2. The normalized spacial score (nSPS) is 48.2. The lowest BCUT2D eigenvalue weighted by molar-refractivity contribution is -0.245. The van der Waals surface area contributed by atoms with Gasteiger partial charge in [0.1, 0.15) is 12.2 Å². The van der Waals surface area contributed by atoms with Crippen molar-refractivity contribution in [2.45, 2.75) is 68.5 Å². The molecule has 1 aliphatic heterocycles. The second kappa shape index (κ2) is 6.45. The fourth-order valence-corrected chi connectivity index (χ4v) is 2.78. The van der Waals surface area contributed by atoms with Crippen molar-refractivity contribution < 1.29 is 19.7 Å². The highest BCUT2D eigenvalue weighted by Crippen LogP contribution is 2.26. The molecule has 0 aromatic heterocycles. The molecule has 1 heterocycles. The molecule has 0 spiro atoms. The number of rotatable bonds is 3. The molecule has 2 rings (SSSR count). The topological polar surface area (TPSA) is 137 Å². The number of ether oxygens (including phenoxy) is 2. The molecule has 8 N–H and O–H groups in total. The van der Waals surface area contributed by atoms with E-state index in [1.54, 1.807) is 0 Å². The predicted molar refractivity (Wildman–Crippen MR) is 69.0 cm³/mol. The summed E-state index contributed by atoms with van der Waals surface area (Å²) in [5.41, 5.74) is 17.2. The molecular weight excluding hydrogens is 250 g/mol. The lowest BCUT2D eigenvalue weighted by atomic mass is 9.84. The van der Waals surface area contributed by atoms with Crippen molar-refractivity contribution in [1.82, 2.24) is 0 Å². The van der Waals surface area contributed by atoms with Crippen molar-refractivity contribution in [2.75, 3.05) is 6.54 Å². The Labute approximate surface area is 113 Å². The maximum absolute atomic E-state index is 10.0. The van der Waals surface area contributed by atoms with Gasteiger partial charge in [-0.05, 0) is 25.7 Å². The van der Waals surface area contributed by atoms with Crippen LogP contribution in [0, 0.1) is 0 Å². The van der Waals surface area contributed by atoms with Crippen LogP contribution < -0.4 is 17.2 Å². The molecule has 7 nitrogen and oxygen atoms in total. The van der Waals surface area contributed by atoms with Crippen LogP contribution in [0.5, 0.6) is 0 Å². The Kier molecular flexibility index (Phi) is 5.13. The van der Waals surface area contributed by atoms with Crippen molar-refractivity contribution in [3.63, 3.8) is 0 Å². The smallest absolute Gasteiger partial charge is 0.158 e. The number of aliphatic hydroxyl groups is 2. The first-order valence-electron chi connectivity index (χ1n) is 6.91. The monoisotopic (exact) mass is 275 g/mol. The Morgan fingerprint density at radius 1 is 1.11 bits per heavy atom. The quantitative estimate of drug-likeness (QED) is 0.402. The highest BCUT2D eigenvalue weighted by molar-refractivity contribution is 4.97. The molecule has 7 atom stereocenters. The van der Waals surface area contributed by atoms with E-state index in [2.05, 4.69) is 0 Å². The molecule has 112 valence electrons. The molecule has 19 heavy (non-hydrogen) atoms. The zero-order chi connectivity index (χ0) is 14.0. The summed E-state index contributed by atoms with van der Waals surface area (Å²) < 4.78 is 11.4. The minimum absolute atomic E-state index is 0.0112. The van der Waals surface area contributed by atoms with Crippen LogP contribution >= 0.6 is 0 Å². The minimum atomic E-state index is -1.08. The molecule has 0 aromatic rings. The number of hydrogen-bond donors (Lipinski definition) is 5. The summed E-state index contributed by atoms with van der Waals surface area (Å²) in [6.07, 6.45) is -0.145. The molecule has 1 saturated carbocycles. The summed E-state index contributed by atoms with van der Waals surface area (Å²) in [4.78, 5) is 0. The van der Waals surface area contributed by atoms with E-state index in [9.17, 15) is 10.2 Å². The zero-order valence-electron chi connectivity index (χ0n) is 11.0. The maximum atomic E-state index is 10.0. The summed E-state index contributed by atoms with van der Waals surface area (Å²) in [5, 5.41) is 19.8. The van der Waals surface area contributed by atoms with Gasteiger partial charge in [0, 0.05) is 18.6 Å². The summed E-state index contributed by atoms with van der Waals surface area (Å²) in [6.45, 7) is 0.451. The van der Waals surface area contributed by atoms with E-state index < -0.39 is 36.7 Å². The van der Waals surface area contributed by atoms with Gasteiger partial charge in [-0.3, -0.25) is 0 Å². The molecule has 0 amide bonds. The van der Waals surface area contributed by atoms with E-state index in [0.717, 1.165) is 19.3 Å². The largest absolute Gasteiger partial charge is 0.389 e. The first kappa shape index (κ1) is 15.1. The van der Waals surface area contributed by atoms with Crippen LogP contribution in [0.1, 0.15) is 25.7 Å². The summed E-state index contributed by atoms with van der Waals surface area (Å²) in [7, 11) is 0. The van der Waals surface area contributed by atoms with Gasteiger partial charge in [-0.15, -0.1) is 0 Å². The van der Waals surface area contributed by atoms with Gasteiger partial charge in [-0.2, -0.15) is 0 Å². The third-order valence-electron chi connectivity index (χ3n) is 3.97. The molecule has 1 aliphatic carbocycles. The van der Waals surface area contributed by atoms with E-state index in [1.165, 1.54) is 0 Å². The molecule has 0 aromatic carbocycles. The number of nitrogens with two attached hydrogens (primary N) is 3. The molecule has 2 aliphatic rings. The van der Waals surface area contributed by atoms with Crippen molar-refractivity contribution in [3.05, 3.63) is 0 Å². The van der Waals surface area contributed by atoms with Crippen LogP contribution in [0.15, 0.2) is 0 Å². The van der Waals surface area contributed by atoms with Gasteiger partial charge in [0.15, 0.2) is 6.29 Å². The molecule has 7 heteroatoms. The van der Waals surface area contributed by atoms with Gasteiger partial charge in [0.2, 0.25) is 0 Å². The molecule has 2 fully saturated rings. The van der Waals surface area contributed by atoms with Crippen LogP contribution in [0.3, 0.4) is 0 Å². The summed E-state index contributed by atoms with van der Waals surface area (Å²) in [6, 6.07) is -0.927. The molecule has 0 bridgehead atoms. The van der Waals surface area contributed by atoms with Crippen molar-refractivity contribution >= 4 is 0 Å². The number of hydrogen-bond acceptors (Lipinski definition) is 7. The predicted octanol–water partition coefficient (Wildman–Crippen LogP) is -1.99. The maximum Gasteiger partial charge on any atom is 0.158 e. The zero-order valence-corrected chi connectivity index (χ0v) is 11.0. The van der Waals surface area contributed by atoms with Crippen molar-refractivity contribution in [2.24, 2.45) is 17.2 Å². The molecule has 1 saturated heterocycles. The first-order chi connectivity index (χ1) is 9.02. The van der Waals surface area contributed by atoms with Crippen LogP contribution in [0.25, 0.3) is 0 Å². The lowest BCUT2D eigenvalue weighted by Gasteiger charge is -2.42. The van der Waals surface area contributed by atoms with Crippen LogP contribution in [0.2, 0.25) is 0 Å². The van der Waals surface area contributed by atoms with Gasteiger partial charge < -0.3 is 36.9 Å². The van der Waals surface area contributed by atoms with E-state index in [4.69, 9.17) is 26.7 Å². The van der Waals surface area contributed by atoms with Gasteiger partial charge in [0.05, 0.1) is 12.2 Å². The van der Waals surface area contributed by atoms with Gasteiger partial charge >= 0.3 is 0 Å². The first-order valence-corrected chi connectivity index (χ1v) is 6.91. The van der Waals surface area contributed by atoms with Crippen molar-refractivity contribution in [1.29, 1.82) is 0 Å². The SMILES string of the molecule is NCC1CCCC(OC2C(N)CC(N)C(O)C2O)O1. The Balaban J connectivity index is 1.93. The lowest BCUT2D eigenvalue weighted by Crippen LogP contribution is -2.62. The molecule has 7 unspecified atom stereocenters. The minimum Gasteiger partial charge on any atom is -0.389 e. The average molecular weight is 275 g/mol. The van der Waals surface area contributed by atoms with E-state index in [1.807, 2.05) is 0 Å². The molecule has 0 radical (unpaired) electrons. The fourth-order valence-electron chi connectivity index (χ4n) is 2.78. The second-order valence-corrected chi connectivity index (χ2v) is 5.50. The van der Waals surface area contributed by atoms with Gasteiger partial charge in [0.25, 0.3) is 0 Å². The van der Waals surface area contributed by atoms with E-state index in [-0.39, 0.29) is 6.10 Å².